The predicted octanol–water partition coefficient (Wildman–Crippen LogP) is 4.46. The lowest BCUT2D eigenvalue weighted by atomic mass is 10.1. The molecule has 0 atom stereocenters. The number of carbonyl (C=O) groups is 1. The molecule has 4 aromatic rings. The minimum atomic E-state index is -0.431. The number of benzene rings is 1. The second kappa shape index (κ2) is 7.79. The fraction of sp³-hybridized carbons (Fsp3) is 0.227. The van der Waals surface area contributed by atoms with Gasteiger partial charge in [-0.25, -0.2) is 4.79 Å². The molecule has 0 radical (unpaired) electrons. The van der Waals surface area contributed by atoms with Crippen LogP contribution in [-0.4, -0.2) is 20.7 Å². The van der Waals surface area contributed by atoms with Gasteiger partial charge in [0.15, 0.2) is 6.61 Å². The lowest BCUT2D eigenvalue weighted by Gasteiger charge is -2.07. The molecule has 0 aliphatic heterocycles. The highest BCUT2D eigenvalue weighted by Crippen LogP contribution is 2.21. The summed E-state index contributed by atoms with van der Waals surface area (Å²) in [6, 6.07) is 13.3. The van der Waals surface area contributed by atoms with Crippen molar-refractivity contribution in [2.75, 3.05) is 0 Å². The van der Waals surface area contributed by atoms with Crippen LogP contribution < -0.4 is 0 Å². The van der Waals surface area contributed by atoms with Crippen molar-refractivity contribution in [2.24, 2.45) is 0 Å². The van der Waals surface area contributed by atoms with E-state index in [4.69, 9.17) is 13.6 Å². The van der Waals surface area contributed by atoms with Crippen LogP contribution in [0.5, 0.6) is 0 Å². The van der Waals surface area contributed by atoms with Gasteiger partial charge >= 0.3 is 5.97 Å². The van der Waals surface area contributed by atoms with E-state index in [-0.39, 0.29) is 12.5 Å². The Morgan fingerprint density at radius 2 is 1.97 bits per heavy atom. The largest absolute Gasteiger partial charge is 0.467 e. The first-order valence-electron chi connectivity index (χ1n) is 9.27. The first-order chi connectivity index (χ1) is 14.0. The summed E-state index contributed by atoms with van der Waals surface area (Å²) in [5, 5.41) is 8.00. The Morgan fingerprint density at radius 1 is 1.10 bits per heavy atom. The number of hydrogen-bond donors (Lipinski definition) is 0. The lowest BCUT2D eigenvalue weighted by Crippen LogP contribution is -2.08. The molecule has 0 aliphatic carbocycles. The SMILES string of the molecule is Cc1cccc(-c2nnc(COC(=O)c3cc(C)n(Cc4ccco4)c3C)o2)c1. The van der Waals surface area contributed by atoms with Crippen molar-refractivity contribution in [3.8, 4) is 11.5 Å². The van der Waals surface area contributed by atoms with Crippen LogP contribution in [0.2, 0.25) is 0 Å². The molecule has 4 rings (SSSR count). The minimum Gasteiger partial charge on any atom is -0.467 e. The van der Waals surface area contributed by atoms with Gasteiger partial charge in [-0.2, -0.15) is 0 Å². The van der Waals surface area contributed by atoms with Gasteiger partial charge in [0.1, 0.15) is 5.76 Å². The molecule has 0 unspecified atom stereocenters. The molecule has 148 valence electrons. The molecule has 0 N–H and O–H groups in total. The molecular formula is C22H21N3O4. The van der Waals surface area contributed by atoms with Gasteiger partial charge in [0.2, 0.25) is 5.89 Å². The molecule has 0 fully saturated rings. The molecule has 0 saturated heterocycles. The van der Waals surface area contributed by atoms with Crippen molar-refractivity contribution >= 4 is 5.97 Å². The summed E-state index contributed by atoms with van der Waals surface area (Å²) < 4.78 is 18.4. The molecule has 0 spiro atoms. The van der Waals surface area contributed by atoms with Gasteiger partial charge in [-0.1, -0.05) is 17.7 Å². The van der Waals surface area contributed by atoms with Gasteiger partial charge in [0, 0.05) is 17.0 Å². The minimum absolute atomic E-state index is 0.0838. The van der Waals surface area contributed by atoms with Gasteiger partial charge < -0.3 is 18.1 Å². The van der Waals surface area contributed by atoms with E-state index in [1.807, 2.05) is 67.8 Å². The number of aryl methyl sites for hydroxylation is 2. The zero-order chi connectivity index (χ0) is 20.4. The normalized spacial score (nSPS) is 11.0. The summed E-state index contributed by atoms with van der Waals surface area (Å²) in [4.78, 5) is 12.6. The Hall–Kier alpha value is -3.61. The van der Waals surface area contributed by atoms with Crippen molar-refractivity contribution in [1.29, 1.82) is 0 Å². The molecule has 7 heteroatoms. The van der Waals surface area contributed by atoms with Crippen molar-refractivity contribution in [3.63, 3.8) is 0 Å². The Morgan fingerprint density at radius 3 is 2.72 bits per heavy atom. The van der Waals surface area contributed by atoms with Crippen LogP contribution in [0.1, 0.15) is 39.0 Å². The van der Waals surface area contributed by atoms with E-state index in [0.717, 1.165) is 28.3 Å². The number of esters is 1. The Labute approximate surface area is 167 Å². The van der Waals surface area contributed by atoms with Crippen LogP contribution in [0.25, 0.3) is 11.5 Å². The average molecular weight is 391 g/mol. The van der Waals surface area contributed by atoms with Gasteiger partial charge in [-0.15, -0.1) is 10.2 Å². The molecule has 0 bridgehead atoms. The van der Waals surface area contributed by atoms with Crippen molar-refractivity contribution < 1.29 is 18.4 Å². The Kier molecular flexibility index (Phi) is 5.03. The molecule has 3 heterocycles. The molecule has 0 amide bonds. The summed E-state index contributed by atoms with van der Waals surface area (Å²) in [6.45, 7) is 6.29. The maximum Gasteiger partial charge on any atom is 0.340 e. The molecule has 0 aliphatic rings. The summed E-state index contributed by atoms with van der Waals surface area (Å²) in [6.07, 6.45) is 1.63. The monoisotopic (exact) mass is 391 g/mol. The maximum absolute atomic E-state index is 12.6. The van der Waals surface area contributed by atoms with Crippen molar-refractivity contribution in [1.82, 2.24) is 14.8 Å². The van der Waals surface area contributed by atoms with E-state index in [1.165, 1.54) is 0 Å². The fourth-order valence-corrected chi connectivity index (χ4v) is 3.22. The number of nitrogens with zero attached hydrogens (tertiary/aromatic N) is 3. The number of hydrogen-bond acceptors (Lipinski definition) is 6. The zero-order valence-corrected chi connectivity index (χ0v) is 16.5. The second-order valence-corrected chi connectivity index (χ2v) is 6.90. The Balaban J connectivity index is 1.44. The third-order valence-electron chi connectivity index (χ3n) is 4.75. The molecule has 3 aromatic heterocycles. The van der Waals surface area contributed by atoms with Gasteiger partial charge in [0.25, 0.3) is 5.89 Å². The van der Waals surface area contributed by atoms with E-state index in [2.05, 4.69) is 10.2 Å². The fourth-order valence-electron chi connectivity index (χ4n) is 3.22. The van der Waals surface area contributed by atoms with Gasteiger partial charge in [0.05, 0.1) is 18.4 Å². The smallest absolute Gasteiger partial charge is 0.340 e. The highest BCUT2D eigenvalue weighted by molar-refractivity contribution is 5.91. The number of ether oxygens (including phenoxy) is 1. The summed E-state index contributed by atoms with van der Waals surface area (Å²) in [7, 11) is 0. The van der Waals surface area contributed by atoms with Gasteiger partial charge in [-0.3, -0.25) is 0 Å². The summed E-state index contributed by atoms with van der Waals surface area (Å²) in [5.74, 6) is 1.04. The molecular weight excluding hydrogens is 370 g/mol. The summed E-state index contributed by atoms with van der Waals surface area (Å²) >= 11 is 0. The number of furan rings is 1. The quantitative estimate of drug-likeness (QED) is 0.451. The van der Waals surface area contributed by atoms with Gasteiger partial charge in [-0.05, 0) is 51.1 Å². The van der Waals surface area contributed by atoms with Crippen molar-refractivity contribution in [3.05, 3.63) is 82.9 Å². The van der Waals surface area contributed by atoms with E-state index in [0.29, 0.717) is 18.0 Å². The van der Waals surface area contributed by atoms with Crippen LogP contribution in [0, 0.1) is 20.8 Å². The third kappa shape index (κ3) is 3.99. The molecule has 7 nitrogen and oxygen atoms in total. The van der Waals surface area contributed by atoms with Crippen LogP contribution in [0.4, 0.5) is 0 Å². The number of rotatable bonds is 6. The molecule has 0 saturated carbocycles. The maximum atomic E-state index is 12.6. The van der Waals surface area contributed by atoms with E-state index in [1.54, 1.807) is 6.26 Å². The molecule has 1 aromatic carbocycles. The lowest BCUT2D eigenvalue weighted by molar-refractivity contribution is 0.0437. The molecule has 29 heavy (non-hydrogen) atoms. The standard InChI is InChI=1S/C22H21N3O4/c1-14-6-4-7-17(10-14)21-24-23-20(29-21)13-28-22(26)19-11-15(2)25(16(19)3)12-18-8-5-9-27-18/h4-11H,12-13H2,1-3H3. The average Bonchev–Trinajstić information content (AvgIpc) is 3.44. The van der Waals surface area contributed by atoms with Crippen LogP contribution in [0.15, 0.2) is 57.6 Å². The first kappa shape index (κ1) is 18.7. The van der Waals surface area contributed by atoms with E-state index >= 15 is 0 Å². The Bertz CT molecular complexity index is 1140. The van der Waals surface area contributed by atoms with Crippen molar-refractivity contribution in [2.45, 2.75) is 33.9 Å². The highest BCUT2D eigenvalue weighted by atomic mass is 16.5. The number of carbonyl (C=O) groups excluding carboxylic acids is 1. The zero-order valence-electron chi connectivity index (χ0n) is 16.5. The first-order valence-corrected chi connectivity index (χ1v) is 9.27. The topological polar surface area (TPSA) is 83.3 Å². The number of aromatic nitrogens is 3. The van der Waals surface area contributed by atoms with Crippen LogP contribution in [-0.2, 0) is 17.9 Å². The summed E-state index contributed by atoms with van der Waals surface area (Å²) in [5.41, 5.74) is 4.20. The van der Waals surface area contributed by atoms with E-state index in [9.17, 15) is 4.79 Å². The third-order valence-corrected chi connectivity index (χ3v) is 4.75. The highest BCUT2D eigenvalue weighted by Gasteiger charge is 2.19. The van der Waals surface area contributed by atoms with Crippen LogP contribution >= 0.6 is 0 Å². The van der Waals surface area contributed by atoms with Crippen LogP contribution in [0.3, 0.4) is 0 Å². The second-order valence-electron chi connectivity index (χ2n) is 6.90. The predicted molar refractivity (Wildman–Crippen MR) is 105 cm³/mol. The van der Waals surface area contributed by atoms with E-state index < -0.39 is 5.97 Å².